The van der Waals surface area contributed by atoms with Crippen molar-refractivity contribution in [3.63, 3.8) is 0 Å². The topological polar surface area (TPSA) is 105 Å². The van der Waals surface area contributed by atoms with Gasteiger partial charge in [-0.05, 0) is 18.4 Å². The Hall–Kier alpha value is -3.22. The molecule has 0 unspecified atom stereocenters. The first-order valence-corrected chi connectivity index (χ1v) is 8.32. The zero-order valence-corrected chi connectivity index (χ0v) is 14.3. The largest absolute Gasteiger partial charge is 0.511 e. The lowest BCUT2D eigenvalue weighted by Gasteiger charge is -2.07. The minimum absolute atomic E-state index is 0.0130. The molecule has 0 saturated heterocycles. The molecule has 0 radical (unpaired) electrons. The Morgan fingerprint density at radius 2 is 1.92 bits per heavy atom. The van der Waals surface area contributed by atoms with Gasteiger partial charge >= 0.3 is 5.97 Å². The van der Waals surface area contributed by atoms with Crippen molar-refractivity contribution in [1.29, 1.82) is 0 Å². The molecule has 7 nitrogen and oxygen atoms in total. The number of benzene rings is 1. The molecule has 2 aromatic heterocycles. The van der Waals surface area contributed by atoms with E-state index in [0.717, 1.165) is 12.0 Å². The second kappa shape index (κ2) is 7.35. The Morgan fingerprint density at radius 1 is 1.19 bits per heavy atom. The fourth-order valence-electron chi connectivity index (χ4n) is 2.86. The average molecular weight is 353 g/mol. The number of aliphatic hydroxyl groups excluding tert-OH is 1. The summed E-state index contributed by atoms with van der Waals surface area (Å²) in [4.78, 5) is 27.6. The van der Waals surface area contributed by atoms with E-state index < -0.39 is 11.9 Å². The van der Waals surface area contributed by atoms with Gasteiger partial charge in [-0.15, -0.1) is 0 Å². The van der Waals surface area contributed by atoms with Crippen LogP contribution in [0.3, 0.4) is 0 Å². The molecule has 0 amide bonds. The molecule has 0 aliphatic carbocycles. The highest BCUT2D eigenvalue weighted by atomic mass is 16.4. The maximum absolute atomic E-state index is 12.5. The lowest BCUT2D eigenvalue weighted by atomic mass is 10.0. The molecule has 3 rings (SSSR count). The summed E-state index contributed by atoms with van der Waals surface area (Å²) in [6, 6.07) is 11.3. The SMILES string of the molecule is C[C@@H](CC(O)=c1c(=O)cc(CCc2ccccc2)n2ncnc12)C(=O)O. The van der Waals surface area contributed by atoms with Gasteiger partial charge < -0.3 is 10.2 Å². The van der Waals surface area contributed by atoms with E-state index in [1.165, 1.54) is 23.8 Å². The molecule has 134 valence electrons. The summed E-state index contributed by atoms with van der Waals surface area (Å²) in [5, 5.41) is 23.5. The zero-order valence-electron chi connectivity index (χ0n) is 14.3. The summed E-state index contributed by atoms with van der Waals surface area (Å²) in [6.45, 7) is 1.47. The number of carboxylic acids is 1. The predicted octanol–water partition coefficient (Wildman–Crippen LogP) is 1.37. The maximum Gasteiger partial charge on any atom is 0.306 e. The van der Waals surface area contributed by atoms with Crippen LogP contribution in [-0.2, 0) is 17.6 Å². The van der Waals surface area contributed by atoms with Gasteiger partial charge in [0.2, 0.25) is 0 Å². The van der Waals surface area contributed by atoms with Crippen LogP contribution in [0.25, 0.3) is 11.4 Å². The first kappa shape index (κ1) is 17.6. The van der Waals surface area contributed by atoms with E-state index in [0.29, 0.717) is 12.1 Å². The number of pyridine rings is 1. The minimum Gasteiger partial charge on any atom is -0.511 e. The number of aliphatic hydroxyl groups is 1. The van der Waals surface area contributed by atoms with Gasteiger partial charge in [0.1, 0.15) is 17.3 Å². The monoisotopic (exact) mass is 353 g/mol. The summed E-state index contributed by atoms with van der Waals surface area (Å²) >= 11 is 0. The van der Waals surface area contributed by atoms with Crippen LogP contribution < -0.4 is 10.6 Å². The van der Waals surface area contributed by atoms with E-state index in [1.54, 1.807) is 0 Å². The van der Waals surface area contributed by atoms with E-state index in [2.05, 4.69) is 10.1 Å². The zero-order chi connectivity index (χ0) is 18.7. The fraction of sp³-hybridized carbons (Fsp3) is 0.263. The normalized spacial score (nSPS) is 13.6. The molecule has 2 N–H and O–H groups in total. The maximum atomic E-state index is 12.5. The van der Waals surface area contributed by atoms with Gasteiger partial charge in [0.05, 0.1) is 5.92 Å². The summed E-state index contributed by atoms with van der Waals surface area (Å²) in [5.74, 6) is -2.13. The molecule has 26 heavy (non-hydrogen) atoms. The number of nitrogens with zero attached hydrogens (tertiary/aromatic N) is 3. The van der Waals surface area contributed by atoms with Crippen LogP contribution in [0.4, 0.5) is 0 Å². The summed E-state index contributed by atoms with van der Waals surface area (Å²) in [6.07, 6.45) is 2.50. The number of rotatable bonds is 6. The molecule has 0 bridgehead atoms. The number of carbonyl (C=O) groups is 1. The molecule has 0 aliphatic heterocycles. The van der Waals surface area contributed by atoms with Crippen LogP contribution in [0, 0.1) is 5.92 Å². The number of hydrogen-bond acceptors (Lipinski definition) is 5. The Labute approximate surface area is 149 Å². The smallest absolute Gasteiger partial charge is 0.306 e. The average Bonchev–Trinajstić information content (AvgIpc) is 3.09. The number of aryl methyl sites for hydroxylation is 2. The second-order valence-corrected chi connectivity index (χ2v) is 6.25. The fourth-order valence-corrected chi connectivity index (χ4v) is 2.86. The van der Waals surface area contributed by atoms with Crippen molar-refractivity contribution >= 4 is 17.4 Å². The van der Waals surface area contributed by atoms with Crippen molar-refractivity contribution in [3.05, 3.63) is 69.4 Å². The van der Waals surface area contributed by atoms with Crippen LogP contribution in [0.2, 0.25) is 0 Å². The lowest BCUT2D eigenvalue weighted by molar-refractivity contribution is -0.141. The van der Waals surface area contributed by atoms with Crippen LogP contribution in [0.5, 0.6) is 0 Å². The first-order chi connectivity index (χ1) is 12.5. The molecule has 2 heterocycles. The molecule has 7 heteroatoms. The third-order valence-corrected chi connectivity index (χ3v) is 4.31. The molecule has 0 aliphatic rings. The Morgan fingerprint density at radius 3 is 2.62 bits per heavy atom. The van der Waals surface area contributed by atoms with Crippen LogP contribution in [0.15, 0.2) is 47.5 Å². The van der Waals surface area contributed by atoms with Crippen molar-refractivity contribution in [2.45, 2.75) is 26.2 Å². The Balaban J connectivity index is 2.01. The molecule has 1 aromatic carbocycles. The van der Waals surface area contributed by atoms with Crippen LogP contribution in [0.1, 0.15) is 24.6 Å². The third-order valence-electron chi connectivity index (χ3n) is 4.31. The van der Waals surface area contributed by atoms with Crippen molar-refractivity contribution in [2.24, 2.45) is 5.92 Å². The Kier molecular flexibility index (Phi) is 4.97. The van der Waals surface area contributed by atoms with E-state index in [4.69, 9.17) is 5.11 Å². The van der Waals surface area contributed by atoms with Gasteiger partial charge in [0, 0.05) is 18.2 Å². The van der Waals surface area contributed by atoms with Gasteiger partial charge in [-0.25, -0.2) is 9.50 Å². The van der Waals surface area contributed by atoms with E-state index >= 15 is 0 Å². The van der Waals surface area contributed by atoms with Gasteiger partial charge in [0.15, 0.2) is 11.1 Å². The van der Waals surface area contributed by atoms with E-state index in [1.807, 2.05) is 30.3 Å². The number of fused-ring (bicyclic) bond motifs is 1. The number of hydrogen-bond donors (Lipinski definition) is 2. The summed E-state index contributed by atoms with van der Waals surface area (Å²) < 4.78 is 1.53. The number of aromatic nitrogens is 3. The van der Waals surface area contributed by atoms with E-state index in [9.17, 15) is 14.7 Å². The van der Waals surface area contributed by atoms with Crippen LogP contribution >= 0.6 is 0 Å². The van der Waals surface area contributed by atoms with Crippen molar-refractivity contribution in [2.75, 3.05) is 0 Å². The molecule has 0 fully saturated rings. The summed E-state index contributed by atoms with van der Waals surface area (Å²) in [5.41, 5.74) is 1.69. The van der Waals surface area contributed by atoms with Gasteiger partial charge in [-0.3, -0.25) is 9.59 Å². The number of carboxylic acid groups (broad SMARTS) is 1. The highest BCUT2D eigenvalue weighted by Crippen LogP contribution is 2.10. The van der Waals surface area contributed by atoms with Crippen molar-refractivity contribution in [1.82, 2.24) is 14.6 Å². The molecule has 0 saturated carbocycles. The van der Waals surface area contributed by atoms with Gasteiger partial charge in [-0.1, -0.05) is 37.3 Å². The van der Waals surface area contributed by atoms with Gasteiger partial charge in [-0.2, -0.15) is 5.10 Å². The molecular formula is C19H19N3O4. The van der Waals surface area contributed by atoms with Crippen molar-refractivity contribution in [3.8, 4) is 0 Å². The van der Waals surface area contributed by atoms with E-state index in [-0.39, 0.29) is 28.5 Å². The Bertz CT molecular complexity index is 1040. The summed E-state index contributed by atoms with van der Waals surface area (Å²) in [7, 11) is 0. The third kappa shape index (κ3) is 3.56. The lowest BCUT2D eigenvalue weighted by Crippen LogP contribution is -2.31. The molecule has 0 spiro atoms. The minimum atomic E-state index is -1.04. The van der Waals surface area contributed by atoms with Crippen LogP contribution in [-0.4, -0.2) is 30.8 Å². The molecular weight excluding hydrogens is 334 g/mol. The highest BCUT2D eigenvalue weighted by Gasteiger charge is 2.17. The highest BCUT2D eigenvalue weighted by molar-refractivity contribution is 5.71. The molecule has 1 atom stereocenters. The number of aliphatic carboxylic acids is 1. The second-order valence-electron chi connectivity index (χ2n) is 6.25. The first-order valence-electron chi connectivity index (χ1n) is 8.32. The standard InChI is InChI=1S/C19H19N3O4/c1-12(19(25)26)9-15(23)17-16(24)10-14(22-18(17)20-11-21-22)8-7-13-5-3-2-4-6-13/h2-6,10-12,23H,7-9H2,1H3,(H,25,26)/t12-/m0/s1. The molecule has 3 aromatic rings. The quantitative estimate of drug-likeness (QED) is 0.693. The van der Waals surface area contributed by atoms with Crippen molar-refractivity contribution < 1.29 is 15.0 Å². The predicted molar refractivity (Wildman–Crippen MR) is 95.8 cm³/mol. The van der Waals surface area contributed by atoms with Gasteiger partial charge in [0.25, 0.3) is 0 Å².